The maximum Gasteiger partial charge on any atom is 0.243 e. The van der Waals surface area contributed by atoms with Gasteiger partial charge >= 0.3 is 0 Å². The van der Waals surface area contributed by atoms with Crippen LogP contribution in [0.1, 0.15) is 13.8 Å². The maximum absolute atomic E-state index is 12.9. The van der Waals surface area contributed by atoms with Gasteiger partial charge in [0, 0.05) is 6.07 Å². The molecule has 1 aromatic rings. The molecule has 0 fully saturated rings. The number of methoxy groups -OCH3 is 1. The second kappa shape index (κ2) is 4.49. The van der Waals surface area contributed by atoms with Crippen LogP contribution in [0.2, 0.25) is 0 Å². The number of anilines is 1. The monoisotopic (exact) mass is 226 g/mol. The molecule has 0 heterocycles. The molecule has 88 valence electrons. The third-order valence-electron chi connectivity index (χ3n) is 2.00. The molecule has 16 heavy (non-hydrogen) atoms. The molecule has 0 bridgehead atoms. The van der Waals surface area contributed by atoms with Gasteiger partial charge in [-0.3, -0.25) is 4.79 Å². The number of hydrogen-bond donors (Lipinski definition) is 2. The minimum Gasteiger partial charge on any atom is -0.494 e. The highest BCUT2D eigenvalue weighted by molar-refractivity contribution is 5.98. The Morgan fingerprint density at radius 2 is 2.12 bits per heavy atom. The van der Waals surface area contributed by atoms with Crippen LogP contribution >= 0.6 is 0 Å². The fraction of sp³-hybridized carbons (Fsp3) is 0.364. The quantitative estimate of drug-likeness (QED) is 0.821. The predicted molar refractivity (Wildman–Crippen MR) is 59.8 cm³/mol. The second-order valence-corrected chi connectivity index (χ2v) is 4.02. The minimum absolute atomic E-state index is 0.262. The van der Waals surface area contributed by atoms with Crippen LogP contribution in [-0.4, -0.2) is 18.6 Å². The number of nitrogens with two attached hydrogens (primary N) is 1. The lowest BCUT2D eigenvalue weighted by Crippen LogP contribution is -2.45. The fourth-order valence-corrected chi connectivity index (χ4v) is 1.05. The van der Waals surface area contributed by atoms with Gasteiger partial charge in [0.25, 0.3) is 0 Å². The largest absolute Gasteiger partial charge is 0.494 e. The van der Waals surface area contributed by atoms with Crippen LogP contribution < -0.4 is 15.8 Å². The molecule has 0 aliphatic carbocycles. The van der Waals surface area contributed by atoms with Crippen molar-refractivity contribution in [3.05, 3.63) is 24.0 Å². The number of rotatable bonds is 3. The topological polar surface area (TPSA) is 64.3 Å². The van der Waals surface area contributed by atoms with Gasteiger partial charge in [-0.1, -0.05) is 0 Å². The first kappa shape index (κ1) is 12.4. The first-order valence-corrected chi connectivity index (χ1v) is 4.78. The van der Waals surface area contributed by atoms with Crippen molar-refractivity contribution in [2.75, 3.05) is 12.4 Å². The van der Waals surface area contributed by atoms with Crippen molar-refractivity contribution in [2.24, 2.45) is 5.73 Å². The Balaban J connectivity index is 2.93. The summed E-state index contributed by atoms with van der Waals surface area (Å²) >= 11 is 0. The molecule has 1 aromatic carbocycles. The molecular formula is C11H15FN2O2. The summed E-state index contributed by atoms with van der Waals surface area (Å²) in [6, 6.07) is 3.86. The zero-order valence-electron chi connectivity index (χ0n) is 9.50. The molecule has 0 radical (unpaired) electrons. The number of carbonyl (C=O) groups is 1. The molecule has 0 aliphatic rings. The van der Waals surface area contributed by atoms with Crippen LogP contribution in [0.5, 0.6) is 5.75 Å². The normalized spacial score (nSPS) is 11.1. The summed E-state index contributed by atoms with van der Waals surface area (Å²) in [5.74, 6) is -0.531. The lowest BCUT2D eigenvalue weighted by Gasteiger charge is -2.18. The molecule has 0 aromatic heterocycles. The Morgan fingerprint density at radius 1 is 1.50 bits per heavy atom. The van der Waals surface area contributed by atoms with E-state index in [9.17, 15) is 9.18 Å². The number of halogens is 1. The van der Waals surface area contributed by atoms with Gasteiger partial charge in [-0.05, 0) is 26.0 Å². The molecule has 0 spiro atoms. The molecule has 1 amide bonds. The van der Waals surface area contributed by atoms with Crippen molar-refractivity contribution >= 4 is 11.6 Å². The van der Waals surface area contributed by atoms with Crippen LogP contribution in [0.4, 0.5) is 10.1 Å². The summed E-state index contributed by atoms with van der Waals surface area (Å²) in [4.78, 5) is 11.6. The lowest BCUT2D eigenvalue weighted by molar-refractivity contribution is -0.120. The summed E-state index contributed by atoms with van der Waals surface area (Å²) in [7, 11) is 1.40. The van der Waals surface area contributed by atoms with E-state index in [1.54, 1.807) is 13.8 Å². The molecular weight excluding hydrogens is 211 g/mol. The SMILES string of the molecule is COc1cc(F)ccc1NC(=O)C(C)(C)N. The Hall–Kier alpha value is -1.62. The van der Waals surface area contributed by atoms with Crippen molar-refractivity contribution in [3.63, 3.8) is 0 Å². The number of carbonyl (C=O) groups excluding carboxylic acids is 1. The van der Waals surface area contributed by atoms with E-state index < -0.39 is 11.4 Å². The first-order chi connectivity index (χ1) is 7.34. The van der Waals surface area contributed by atoms with E-state index in [1.165, 1.54) is 25.3 Å². The molecule has 0 saturated carbocycles. The average molecular weight is 226 g/mol. The van der Waals surface area contributed by atoms with Crippen LogP contribution in [0.15, 0.2) is 18.2 Å². The molecule has 4 nitrogen and oxygen atoms in total. The van der Waals surface area contributed by atoms with Gasteiger partial charge in [0.05, 0.1) is 18.3 Å². The number of hydrogen-bond acceptors (Lipinski definition) is 3. The highest BCUT2D eigenvalue weighted by Gasteiger charge is 2.22. The highest BCUT2D eigenvalue weighted by Crippen LogP contribution is 2.25. The minimum atomic E-state index is -1.00. The zero-order chi connectivity index (χ0) is 12.3. The van der Waals surface area contributed by atoms with Gasteiger partial charge in [-0.2, -0.15) is 0 Å². The van der Waals surface area contributed by atoms with E-state index >= 15 is 0 Å². The Kier molecular flexibility index (Phi) is 3.49. The molecule has 3 N–H and O–H groups in total. The van der Waals surface area contributed by atoms with E-state index in [0.717, 1.165) is 0 Å². The summed E-state index contributed by atoms with van der Waals surface area (Å²) in [5.41, 5.74) is 5.02. The Morgan fingerprint density at radius 3 is 2.62 bits per heavy atom. The van der Waals surface area contributed by atoms with Crippen LogP contribution in [0, 0.1) is 5.82 Å². The molecule has 5 heteroatoms. The van der Waals surface area contributed by atoms with Gasteiger partial charge < -0.3 is 15.8 Å². The van der Waals surface area contributed by atoms with E-state index in [0.29, 0.717) is 5.69 Å². The second-order valence-electron chi connectivity index (χ2n) is 4.02. The van der Waals surface area contributed by atoms with E-state index in [2.05, 4.69) is 5.32 Å². The van der Waals surface area contributed by atoms with Gasteiger partial charge in [0.1, 0.15) is 11.6 Å². The van der Waals surface area contributed by atoms with Gasteiger partial charge in [-0.25, -0.2) is 4.39 Å². The van der Waals surface area contributed by atoms with Crippen molar-refractivity contribution in [3.8, 4) is 5.75 Å². The van der Waals surface area contributed by atoms with Gasteiger partial charge in [0.2, 0.25) is 5.91 Å². The third kappa shape index (κ3) is 2.93. The third-order valence-corrected chi connectivity index (χ3v) is 2.00. The lowest BCUT2D eigenvalue weighted by atomic mass is 10.1. The maximum atomic E-state index is 12.9. The average Bonchev–Trinajstić information content (AvgIpc) is 2.19. The molecule has 0 aliphatic heterocycles. The highest BCUT2D eigenvalue weighted by atomic mass is 19.1. The summed E-state index contributed by atoms with van der Waals surface area (Å²) in [6.07, 6.45) is 0. The van der Waals surface area contributed by atoms with E-state index in [4.69, 9.17) is 10.5 Å². The predicted octanol–water partition coefficient (Wildman–Crippen LogP) is 1.51. The summed E-state index contributed by atoms with van der Waals surface area (Å²) in [6.45, 7) is 3.16. The molecule has 0 saturated heterocycles. The summed E-state index contributed by atoms with van der Waals surface area (Å²) in [5, 5.41) is 2.57. The molecule has 1 rings (SSSR count). The van der Waals surface area contributed by atoms with Crippen LogP contribution in [-0.2, 0) is 4.79 Å². The Bertz CT molecular complexity index is 399. The van der Waals surface area contributed by atoms with E-state index in [-0.39, 0.29) is 11.7 Å². The van der Waals surface area contributed by atoms with Crippen molar-refractivity contribution < 1.29 is 13.9 Å². The van der Waals surface area contributed by atoms with Gasteiger partial charge in [-0.15, -0.1) is 0 Å². The standard InChI is InChI=1S/C11H15FN2O2/c1-11(2,13)10(15)14-8-5-4-7(12)6-9(8)16-3/h4-6H,13H2,1-3H3,(H,14,15). The molecule has 0 atom stereocenters. The number of amides is 1. The summed E-state index contributed by atoms with van der Waals surface area (Å²) < 4.78 is 17.8. The van der Waals surface area contributed by atoms with Gasteiger partial charge in [0.15, 0.2) is 0 Å². The first-order valence-electron chi connectivity index (χ1n) is 4.78. The number of benzene rings is 1. The van der Waals surface area contributed by atoms with Crippen LogP contribution in [0.25, 0.3) is 0 Å². The number of ether oxygens (including phenoxy) is 1. The van der Waals surface area contributed by atoms with E-state index in [1.807, 2.05) is 0 Å². The Labute approximate surface area is 93.6 Å². The van der Waals surface area contributed by atoms with Crippen molar-refractivity contribution in [1.29, 1.82) is 0 Å². The van der Waals surface area contributed by atoms with Crippen molar-refractivity contribution in [2.45, 2.75) is 19.4 Å². The molecule has 0 unspecified atom stereocenters. The van der Waals surface area contributed by atoms with Crippen molar-refractivity contribution in [1.82, 2.24) is 0 Å². The zero-order valence-corrected chi connectivity index (χ0v) is 9.50. The fourth-order valence-electron chi connectivity index (χ4n) is 1.05. The number of nitrogens with one attached hydrogen (secondary N) is 1. The van der Waals surface area contributed by atoms with Crippen LogP contribution in [0.3, 0.4) is 0 Å². The smallest absolute Gasteiger partial charge is 0.243 e.